The first-order valence-corrected chi connectivity index (χ1v) is 11.1. The van der Waals surface area contributed by atoms with E-state index in [1.807, 2.05) is 13.0 Å². The smallest absolute Gasteiger partial charge is 0.305 e. The summed E-state index contributed by atoms with van der Waals surface area (Å²) in [4.78, 5) is 22.5. The Morgan fingerprint density at radius 2 is 2.00 bits per heavy atom. The van der Waals surface area contributed by atoms with Crippen LogP contribution in [0.5, 0.6) is 11.5 Å². The van der Waals surface area contributed by atoms with E-state index in [4.69, 9.17) is 37.8 Å². The average Bonchev–Trinajstić information content (AvgIpc) is 3.08. The molecular formula is C21H19Cl2N3O5S. The Morgan fingerprint density at radius 3 is 2.72 bits per heavy atom. The molecule has 2 aromatic carbocycles. The molecule has 1 fully saturated rings. The van der Waals surface area contributed by atoms with Gasteiger partial charge in [0.2, 0.25) is 5.91 Å². The molecule has 1 atom stereocenters. The summed E-state index contributed by atoms with van der Waals surface area (Å²) in [5.74, 6) is -0.355. The summed E-state index contributed by atoms with van der Waals surface area (Å²) in [5, 5.41) is 19.7. The van der Waals surface area contributed by atoms with Crippen molar-refractivity contribution in [3.05, 3.63) is 57.6 Å². The third kappa shape index (κ3) is 6.62. The molecule has 1 heterocycles. The second-order valence-electron chi connectivity index (χ2n) is 6.52. The van der Waals surface area contributed by atoms with E-state index in [0.717, 1.165) is 17.3 Å². The topological polar surface area (TPSA) is 110 Å². The van der Waals surface area contributed by atoms with E-state index in [1.165, 1.54) is 6.21 Å². The number of hydrogen-bond donors (Lipinski definition) is 2. The Balaban J connectivity index is 1.66. The summed E-state index contributed by atoms with van der Waals surface area (Å²) >= 11 is 13.0. The normalized spacial score (nSPS) is 17.0. The SMILES string of the molecule is CCOc1cc(/C=N\N=C2\NC(=O)[C@H](CC(=O)O)S2)ccc1OCc1ccc(Cl)c(Cl)c1. The van der Waals surface area contributed by atoms with Gasteiger partial charge < -0.3 is 19.9 Å². The number of hydrogen-bond acceptors (Lipinski definition) is 7. The minimum absolute atomic E-state index is 0.254. The molecule has 0 aliphatic carbocycles. The van der Waals surface area contributed by atoms with Crippen molar-refractivity contribution in [2.45, 2.75) is 25.2 Å². The fraction of sp³-hybridized carbons (Fsp3) is 0.238. The number of nitrogens with one attached hydrogen (secondary N) is 1. The summed E-state index contributed by atoms with van der Waals surface area (Å²) in [6, 6.07) is 10.6. The van der Waals surface area contributed by atoms with Crippen molar-refractivity contribution in [1.29, 1.82) is 0 Å². The predicted molar refractivity (Wildman–Crippen MR) is 125 cm³/mol. The van der Waals surface area contributed by atoms with Gasteiger partial charge in [-0.1, -0.05) is 41.0 Å². The number of amidine groups is 1. The van der Waals surface area contributed by atoms with Crippen molar-refractivity contribution < 1.29 is 24.2 Å². The third-order valence-electron chi connectivity index (χ3n) is 4.14. The molecule has 1 amide bonds. The van der Waals surface area contributed by atoms with E-state index >= 15 is 0 Å². The van der Waals surface area contributed by atoms with Gasteiger partial charge >= 0.3 is 5.97 Å². The van der Waals surface area contributed by atoms with Gasteiger partial charge in [0.1, 0.15) is 11.9 Å². The van der Waals surface area contributed by atoms with Gasteiger partial charge in [-0.2, -0.15) is 5.10 Å². The molecule has 0 bridgehead atoms. The van der Waals surface area contributed by atoms with Crippen molar-refractivity contribution in [3.8, 4) is 11.5 Å². The van der Waals surface area contributed by atoms with Crippen LogP contribution in [0.3, 0.4) is 0 Å². The fourth-order valence-electron chi connectivity index (χ4n) is 2.68. The second kappa shape index (κ2) is 11.2. The number of ether oxygens (including phenoxy) is 2. The lowest BCUT2D eigenvalue weighted by molar-refractivity contribution is -0.138. The van der Waals surface area contributed by atoms with E-state index in [-0.39, 0.29) is 18.2 Å². The highest BCUT2D eigenvalue weighted by molar-refractivity contribution is 8.15. The zero-order chi connectivity index (χ0) is 23.1. The number of aliphatic carboxylic acids is 1. The van der Waals surface area contributed by atoms with Crippen molar-refractivity contribution in [3.63, 3.8) is 0 Å². The van der Waals surface area contributed by atoms with Gasteiger partial charge in [0.05, 0.1) is 29.3 Å². The molecule has 0 unspecified atom stereocenters. The molecule has 0 saturated carbocycles. The van der Waals surface area contributed by atoms with Gasteiger partial charge in [-0.05, 0) is 48.4 Å². The molecule has 2 aromatic rings. The maximum absolute atomic E-state index is 11.7. The molecule has 0 spiro atoms. The van der Waals surface area contributed by atoms with Crippen LogP contribution in [0.4, 0.5) is 0 Å². The van der Waals surface area contributed by atoms with Crippen LogP contribution >= 0.6 is 35.0 Å². The molecule has 0 radical (unpaired) electrons. The number of thioether (sulfide) groups is 1. The van der Waals surface area contributed by atoms with Crippen LogP contribution in [-0.2, 0) is 16.2 Å². The zero-order valence-electron chi connectivity index (χ0n) is 16.9. The lowest BCUT2D eigenvalue weighted by Gasteiger charge is -2.13. The molecule has 1 aliphatic rings. The maximum Gasteiger partial charge on any atom is 0.305 e. The van der Waals surface area contributed by atoms with Crippen LogP contribution in [0.15, 0.2) is 46.6 Å². The highest BCUT2D eigenvalue weighted by Gasteiger charge is 2.32. The van der Waals surface area contributed by atoms with Crippen LogP contribution < -0.4 is 14.8 Å². The van der Waals surface area contributed by atoms with Crippen molar-refractivity contribution >= 4 is 58.2 Å². The van der Waals surface area contributed by atoms with Gasteiger partial charge in [-0.25, -0.2) is 0 Å². The largest absolute Gasteiger partial charge is 0.490 e. The van der Waals surface area contributed by atoms with Crippen LogP contribution in [0.2, 0.25) is 10.0 Å². The first kappa shape index (κ1) is 23.9. The van der Waals surface area contributed by atoms with Gasteiger partial charge in [-0.3, -0.25) is 9.59 Å². The molecule has 32 heavy (non-hydrogen) atoms. The quantitative estimate of drug-likeness (QED) is 0.394. The number of halogens is 2. The number of nitrogens with zero attached hydrogens (tertiary/aromatic N) is 2. The third-order valence-corrected chi connectivity index (χ3v) is 5.95. The Kier molecular flexibility index (Phi) is 8.38. The molecule has 1 aliphatic heterocycles. The van der Waals surface area contributed by atoms with Crippen molar-refractivity contribution in [2.75, 3.05) is 6.61 Å². The van der Waals surface area contributed by atoms with Crippen LogP contribution in [0, 0.1) is 0 Å². The summed E-state index contributed by atoms with van der Waals surface area (Å²) in [5.41, 5.74) is 1.57. The van der Waals surface area contributed by atoms with Gasteiger partial charge in [-0.15, -0.1) is 5.10 Å². The highest BCUT2D eigenvalue weighted by atomic mass is 35.5. The van der Waals surface area contributed by atoms with Crippen LogP contribution in [0.1, 0.15) is 24.5 Å². The number of carboxylic acid groups (broad SMARTS) is 1. The van der Waals surface area contributed by atoms with Crippen LogP contribution in [0.25, 0.3) is 0 Å². The van der Waals surface area contributed by atoms with E-state index < -0.39 is 17.1 Å². The lowest BCUT2D eigenvalue weighted by Crippen LogP contribution is -2.26. The van der Waals surface area contributed by atoms with Gasteiger partial charge in [0, 0.05) is 0 Å². The molecule has 2 N–H and O–H groups in total. The molecule has 3 rings (SSSR count). The summed E-state index contributed by atoms with van der Waals surface area (Å²) in [6.07, 6.45) is 1.22. The summed E-state index contributed by atoms with van der Waals surface area (Å²) in [6.45, 7) is 2.59. The number of amides is 1. The standard InChI is InChI=1S/C21H19Cl2N3O5S/c1-2-30-17-8-12(10-24-26-21-25-20(29)18(32-21)9-19(27)28)4-6-16(17)31-11-13-3-5-14(22)15(23)7-13/h3-8,10,18H,2,9,11H2,1H3,(H,27,28)(H,25,26,29)/b24-10-/t18-/m0/s1. The molecule has 0 aromatic heterocycles. The highest BCUT2D eigenvalue weighted by Crippen LogP contribution is 2.30. The Morgan fingerprint density at radius 1 is 1.19 bits per heavy atom. The number of carbonyl (C=O) groups is 2. The molecule has 1 saturated heterocycles. The Bertz CT molecular complexity index is 1080. The minimum Gasteiger partial charge on any atom is -0.490 e. The molecule has 168 valence electrons. The van der Waals surface area contributed by atoms with Crippen LogP contribution in [-0.4, -0.2) is 40.2 Å². The maximum atomic E-state index is 11.7. The predicted octanol–water partition coefficient (Wildman–Crippen LogP) is 4.37. The Hall–Kier alpha value is -2.75. The second-order valence-corrected chi connectivity index (χ2v) is 8.53. The van der Waals surface area contributed by atoms with Crippen molar-refractivity contribution in [2.24, 2.45) is 10.2 Å². The number of rotatable bonds is 9. The lowest BCUT2D eigenvalue weighted by atomic mass is 10.2. The van der Waals surface area contributed by atoms with Gasteiger partial charge in [0.25, 0.3) is 0 Å². The summed E-state index contributed by atoms with van der Waals surface area (Å²) < 4.78 is 11.5. The Labute approximate surface area is 198 Å². The van der Waals surface area contributed by atoms with E-state index in [2.05, 4.69) is 15.5 Å². The van der Waals surface area contributed by atoms with E-state index in [9.17, 15) is 9.59 Å². The average molecular weight is 496 g/mol. The summed E-state index contributed by atoms with van der Waals surface area (Å²) in [7, 11) is 0. The van der Waals surface area contributed by atoms with Crippen molar-refractivity contribution in [1.82, 2.24) is 5.32 Å². The molecule has 8 nitrogen and oxygen atoms in total. The number of carboxylic acids is 1. The molecular weight excluding hydrogens is 477 g/mol. The number of benzene rings is 2. The first-order chi connectivity index (χ1) is 15.4. The van der Waals surface area contributed by atoms with Gasteiger partial charge in [0.15, 0.2) is 16.7 Å². The monoisotopic (exact) mass is 495 g/mol. The molecule has 11 heteroatoms. The zero-order valence-corrected chi connectivity index (χ0v) is 19.2. The van der Waals surface area contributed by atoms with E-state index in [0.29, 0.717) is 33.7 Å². The first-order valence-electron chi connectivity index (χ1n) is 9.49. The fourth-order valence-corrected chi connectivity index (χ4v) is 3.91. The minimum atomic E-state index is -1.05. The van der Waals surface area contributed by atoms with E-state index in [1.54, 1.807) is 30.3 Å². The number of carbonyl (C=O) groups excluding carboxylic acids is 1.